The van der Waals surface area contributed by atoms with Crippen molar-refractivity contribution in [3.8, 4) is 11.4 Å². The summed E-state index contributed by atoms with van der Waals surface area (Å²) in [6.45, 7) is 5.23. The minimum absolute atomic E-state index is 0.521. The van der Waals surface area contributed by atoms with Gasteiger partial charge in [-0.05, 0) is 28.9 Å². The first-order valence-electron chi connectivity index (χ1n) is 6.80. The Balaban J connectivity index is 2.24. The summed E-state index contributed by atoms with van der Waals surface area (Å²) in [6.07, 6.45) is 0. The molecule has 1 aromatic heterocycles. The van der Waals surface area contributed by atoms with Crippen LogP contribution in [0.5, 0.6) is 0 Å². The van der Waals surface area contributed by atoms with Crippen molar-refractivity contribution < 1.29 is 0 Å². The van der Waals surface area contributed by atoms with Gasteiger partial charge in [-0.15, -0.1) is 0 Å². The molecule has 0 saturated heterocycles. The number of hydrogen-bond donors (Lipinski definition) is 1. The maximum atomic E-state index is 5.36. The van der Waals surface area contributed by atoms with E-state index in [1.165, 1.54) is 10.8 Å². The molecule has 20 heavy (non-hydrogen) atoms. The second-order valence-electron chi connectivity index (χ2n) is 5.38. The van der Waals surface area contributed by atoms with Gasteiger partial charge in [0.05, 0.1) is 0 Å². The van der Waals surface area contributed by atoms with Crippen LogP contribution in [0.25, 0.3) is 22.2 Å². The van der Waals surface area contributed by atoms with Crippen LogP contribution < -0.4 is 0 Å². The topological polar surface area (TPSA) is 33.6 Å². The van der Waals surface area contributed by atoms with Crippen molar-refractivity contribution in [3.63, 3.8) is 0 Å². The molecule has 1 heterocycles. The second-order valence-corrected chi connectivity index (χ2v) is 5.77. The summed E-state index contributed by atoms with van der Waals surface area (Å²) in [4.78, 5) is 0. The van der Waals surface area contributed by atoms with E-state index in [4.69, 9.17) is 12.2 Å². The molecule has 0 aliphatic rings. The molecule has 0 atom stereocenters. The Hall–Kier alpha value is -1.94. The smallest absolute Gasteiger partial charge is 0.195 e. The zero-order chi connectivity index (χ0) is 14.1. The van der Waals surface area contributed by atoms with Crippen molar-refractivity contribution in [2.45, 2.75) is 20.4 Å². The van der Waals surface area contributed by atoms with Gasteiger partial charge in [0.1, 0.15) is 0 Å². The minimum atomic E-state index is 0.521. The van der Waals surface area contributed by atoms with Crippen LogP contribution in [0.4, 0.5) is 0 Å². The molecule has 3 rings (SSSR count). The Labute approximate surface area is 123 Å². The number of benzene rings is 2. The van der Waals surface area contributed by atoms with Crippen molar-refractivity contribution in [3.05, 3.63) is 47.2 Å². The third-order valence-electron chi connectivity index (χ3n) is 3.34. The van der Waals surface area contributed by atoms with Crippen molar-refractivity contribution in [2.24, 2.45) is 5.92 Å². The second kappa shape index (κ2) is 5.21. The lowest BCUT2D eigenvalue weighted by Gasteiger charge is -2.11. The quantitative estimate of drug-likeness (QED) is 0.722. The molecule has 0 amide bonds. The molecule has 0 spiro atoms. The average Bonchev–Trinajstić information content (AvgIpc) is 2.79. The first kappa shape index (κ1) is 13.1. The predicted molar refractivity (Wildman–Crippen MR) is 85.2 cm³/mol. The summed E-state index contributed by atoms with van der Waals surface area (Å²) in [5, 5.41) is 9.78. The van der Waals surface area contributed by atoms with Crippen LogP contribution in [-0.2, 0) is 6.54 Å². The molecule has 4 heteroatoms. The molecule has 2 aromatic carbocycles. The van der Waals surface area contributed by atoms with Crippen LogP contribution in [0, 0.1) is 10.7 Å². The summed E-state index contributed by atoms with van der Waals surface area (Å²) in [6, 6.07) is 14.6. The number of fused-ring (bicyclic) bond motifs is 1. The Bertz CT molecular complexity index is 793. The van der Waals surface area contributed by atoms with Crippen LogP contribution in [0.1, 0.15) is 13.8 Å². The van der Waals surface area contributed by atoms with Gasteiger partial charge in [-0.2, -0.15) is 5.10 Å². The van der Waals surface area contributed by atoms with Crippen LogP contribution in [0.2, 0.25) is 0 Å². The van der Waals surface area contributed by atoms with E-state index >= 15 is 0 Å². The van der Waals surface area contributed by atoms with Gasteiger partial charge in [0.15, 0.2) is 10.6 Å². The van der Waals surface area contributed by atoms with Gasteiger partial charge in [-0.25, -0.2) is 0 Å². The summed E-state index contributed by atoms with van der Waals surface area (Å²) >= 11 is 5.36. The molecule has 0 fully saturated rings. The number of H-pyrrole nitrogens is 1. The lowest BCUT2D eigenvalue weighted by atomic mass is 10.0. The van der Waals surface area contributed by atoms with Crippen molar-refractivity contribution >= 4 is 23.0 Å². The van der Waals surface area contributed by atoms with E-state index in [1.807, 2.05) is 0 Å². The molecular weight excluding hydrogens is 266 g/mol. The number of rotatable bonds is 3. The number of aromatic amines is 1. The fraction of sp³-hybridized carbons (Fsp3) is 0.250. The van der Waals surface area contributed by atoms with Gasteiger partial charge in [0.2, 0.25) is 0 Å². The van der Waals surface area contributed by atoms with Gasteiger partial charge >= 0.3 is 0 Å². The average molecular weight is 283 g/mol. The van der Waals surface area contributed by atoms with Gasteiger partial charge in [-0.3, -0.25) is 9.67 Å². The molecule has 0 aliphatic heterocycles. The summed E-state index contributed by atoms with van der Waals surface area (Å²) in [5.41, 5.74) is 1.12. The standard InChI is InChI=1S/C16H17N3S/c1-11(2)10-19-15(17-18-16(19)20)14-9-5-7-12-6-3-4-8-13(12)14/h3-9,11H,10H2,1-2H3,(H,18,20). The highest BCUT2D eigenvalue weighted by Crippen LogP contribution is 2.27. The molecule has 3 aromatic rings. The van der Waals surface area contributed by atoms with E-state index in [-0.39, 0.29) is 0 Å². The van der Waals surface area contributed by atoms with E-state index in [1.54, 1.807) is 0 Å². The molecule has 0 bridgehead atoms. The first-order valence-corrected chi connectivity index (χ1v) is 7.21. The highest BCUT2D eigenvalue weighted by Gasteiger charge is 2.12. The zero-order valence-electron chi connectivity index (χ0n) is 11.6. The van der Waals surface area contributed by atoms with E-state index < -0.39 is 0 Å². The van der Waals surface area contributed by atoms with Crippen LogP contribution >= 0.6 is 12.2 Å². The molecule has 102 valence electrons. The third-order valence-corrected chi connectivity index (χ3v) is 3.65. The van der Waals surface area contributed by atoms with E-state index in [0.717, 1.165) is 17.9 Å². The van der Waals surface area contributed by atoms with E-state index in [0.29, 0.717) is 10.7 Å². The van der Waals surface area contributed by atoms with Crippen LogP contribution in [0.3, 0.4) is 0 Å². The summed E-state index contributed by atoms with van der Waals surface area (Å²) in [7, 11) is 0. The van der Waals surface area contributed by atoms with Crippen LogP contribution in [-0.4, -0.2) is 14.8 Å². The number of nitrogens with zero attached hydrogens (tertiary/aromatic N) is 2. The SMILES string of the molecule is CC(C)Cn1c(-c2cccc3ccccc23)n[nH]c1=S. The third kappa shape index (κ3) is 2.27. The highest BCUT2D eigenvalue weighted by atomic mass is 32.1. The highest BCUT2D eigenvalue weighted by molar-refractivity contribution is 7.71. The van der Waals surface area contributed by atoms with E-state index in [2.05, 4.69) is 71.1 Å². The first-order chi connectivity index (χ1) is 9.66. The maximum Gasteiger partial charge on any atom is 0.195 e. The van der Waals surface area contributed by atoms with Gasteiger partial charge in [-0.1, -0.05) is 56.3 Å². The number of hydrogen-bond acceptors (Lipinski definition) is 2. The Morgan fingerprint density at radius 3 is 2.70 bits per heavy atom. The van der Waals surface area contributed by atoms with E-state index in [9.17, 15) is 0 Å². The molecule has 0 saturated carbocycles. The zero-order valence-corrected chi connectivity index (χ0v) is 12.4. The Morgan fingerprint density at radius 2 is 1.90 bits per heavy atom. The maximum absolute atomic E-state index is 5.36. The monoisotopic (exact) mass is 283 g/mol. The number of aromatic nitrogens is 3. The fourth-order valence-corrected chi connectivity index (χ4v) is 2.68. The van der Waals surface area contributed by atoms with Crippen LogP contribution in [0.15, 0.2) is 42.5 Å². The fourth-order valence-electron chi connectivity index (χ4n) is 2.48. The largest absolute Gasteiger partial charge is 0.300 e. The number of nitrogens with one attached hydrogen (secondary N) is 1. The predicted octanol–water partition coefficient (Wildman–Crippen LogP) is 4.42. The lowest BCUT2D eigenvalue weighted by molar-refractivity contribution is 0.521. The molecular formula is C16H17N3S. The lowest BCUT2D eigenvalue weighted by Crippen LogP contribution is -2.06. The van der Waals surface area contributed by atoms with Gasteiger partial charge < -0.3 is 0 Å². The summed E-state index contributed by atoms with van der Waals surface area (Å²) in [5.74, 6) is 1.44. The molecule has 0 radical (unpaired) electrons. The van der Waals surface area contributed by atoms with Crippen molar-refractivity contribution in [1.29, 1.82) is 0 Å². The van der Waals surface area contributed by atoms with Crippen molar-refractivity contribution in [2.75, 3.05) is 0 Å². The Kier molecular flexibility index (Phi) is 3.40. The van der Waals surface area contributed by atoms with Gasteiger partial charge in [0.25, 0.3) is 0 Å². The van der Waals surface area contributed by atoms with Crippen molar-refractivity contribution in [1.82, 2.24) is 14.8 Å². The Morgan fingerprint density at radius 1 is 1.15 bits per heavy atom. The molecule has 0 unspecified atom stereocenters. The normalized spacial score (nSPS) is 11.3. The van der Waals surface area contributed by atoms with Gasteiger partial charge in [0, 0.05) is 12.1 Å². The molecule has 3 nitrogen and oxygen atoms in total. The molecule has 0 aliphatic carbocycles. The minimum Gasteiger partial charge on any atom is -0.300 e. The summed E-state index contributed by atoms with van der Waals surface area (Å²) < 4.78 is 2.77. The molecule has 1 N–H and O–H groups in total.